The van der Waals surface area contributed by atoms with Crippen molar-refractivity contribution in [2.24, 2.45) is 0 Å². The summed E-state index contributed by atoms with van der Waals surface area (Å²) < 4.78 is 38.4. The Bertz CT molecular complexity index is 774. The van der Waals surface area contributed by atoms with Crippen molar-refractivity contribution in [1.82, 2.24) is 0 Å². The van der Waals surface area contributed by atoms with Crippen molar-refractivity contribution in [2.75, 3.05) is 36.4 Å². The summed E-state index contributed by atoms with van der Waals surface area (Å²) in [5.74, 6) is 0.765. The monoisotopic (exact) mass is 380 g/mol. The molecule has 1 aromatic heterocycles. The van der Waals surface area contributed by atoms with Gasteiger partial charge in [-0.1, -0.05) is 12.1 Å². The highest BCUT2D eigenvalue weighted by Gasteiger charge is 2.33. The van der Waals surface area contributed by atoms with Crippen molar-refractivity contribution in [2.45, 2.75) is 19.1 Å². The number of rotatable bonds is 4. The molecule has 1 aromatic carbocycles. The van der Waals surface area contributed by atoms with Gasteiger partial charge in [-0.2, -0.15) is 13.2 Å². The van der Waals surface area contributed by atoms with Gasteiger partial charge in [0.15, 0.2) is 6.04 Å². The minimum Gasteiger partial charge on any atom is -0.321 e. The van der Waals surface area contributed by atoms with Crippen molar-refractivity contribution in [3.8, 4) is 0 Å². The number of H-pyrrole nitrogens is 1. The maximum Gasteiger partial charge on any atom is 0.416 e. The minimum absolute atomic E-state index is 0.165. The first-order valence-corrected chi connectivity index (χ1v) is 8.89. The zero-order chi connectivity index (χ0) is 19.4. The standard InChI is InChI=1S/C19H21F3N4O/c1-14(18(27)24-16-6-4-5-15(13-16)19(20,21)22)25-9-11-26(12-10-25)17-7-2-3-8-23-17/h2-8,13-14H,9-12H2,1H3,(H,24,27)/p+2/t14-/m1/s1. The molecule has 2 heterocycles. The number of hydrogen-bond donors (Lipinski definition) is 2. The maximum absolute atomic E-state index is 12.8. The van der Waals surface area contributed by atoms with Crippen LogP contribution in [-0.2, 0) is 11.0 Å². The summed E-state index contributed by atoms with van der Waals surface area (Å²) in [6.45, 7) is 4.97. The first-order chi connectivity index (χ1) is 12.8. The predicted octanol–water partition coefficient (Wildman–Crippen LogP) is 1.25. The third-order valence-corrected chi connectivity index (χ3v) is 4.90. The zero-order valence-corrected chi connectivity index (χ0v) is 15.0. The molecule has 1 atom stereocenters. The summed E-state index contributed by atoms with van der Waals surface area (Å²) in [7, 11) is 0. The van der Waals surface area contributed by atoms with Crippen LogP contribution in [0.1, 0.15) is 12.5 Å². The average Bonchev–Trinajstić information content (AvgIpc) is 2.68. The number of pyridine rings is 1. The van der Waals surface area contributed by atoms with Crippen LogP contribution in [0.4, 0.5) is 24.7 Å². The topological polar surface area (TPSA) is 50.9 Å². The number of alkyl halides is 3. The van der Waals surface area contributed by atoms with Crippen LogP contribution in [0.2, 0.25) is 0 Å². The number of carbonyl (C=O) groups is 1. The Balaban J connectivity index is 1.57. The van der Waals surface area contributed by atoms with E-state index in [2.05, 4.69) is 15.2 Å². The Morgan fingerprint density at radius 3 is 2.56 bits per heavy atom. The van der Waals surface area contributed by atoms with Crippen LogP contribution in [-0.4, -0.2) is 38.1 Å². The average molecular weight is 380 g/mol. The number of amides is 1. The lowest BCUT2D eigenvalue weighted by Gasteiger charge is -2.31. The molecule has 0 unspecified atom stereocenters. The van der Waals surface area contributed by atoms with E-state index in [1.165, 1.54) is 12.1 Å². The third kappa shape index (κ3) is 4.77. The van der Waals surface area contributed by atoms with Gasteiger partial charge in [-0.25, -0.2) is 4.98 Å². The predicted molar refractivity (Wildman–Crippen MR) is 95.4 cm³/mol. The van der Waals surface area contributed by atoms with E-state index in [1.807, 2.05) is 31.3 Å². The number of hydrogen-bond acceptors (Lipinski definition) is 2. The second kappa shape index (κ2) is 7.96. The van der Waals surface area contributed by atoms with Gasteiger partial charge in [0.1, 0.15) is 26.2 Å². The summed E-state index contributed by atoms with van der Waals surface area (Å²) in [6.07, 6.45) is -2.55. The Morgan fingerprint density at radius 2 is 1.93 bits per heavy atom. The van der Waals surface area contributed by atoms with E-state index in [0.29, 0.717) is 0 Å². The lowest BCUT2D eigenvalue weighted by molar-refractivity contribution is -0.914. The van der Waals surface area contributed by atoms with E-state index in [0.717, 1.165) is 49.0 Å². The van der Waals surface area contributed by atoms with E-state index in [9.17, 15) is 18.0 Å². The van der Waals surface area contributed by atoms with Gasteiger partial charge in [0.25, 0.3) is 11.7 Å². The number of piperazine rings is 1. The molecule has 1 aliphatic heterocycles. The molecular weight excluding hydrogens is 357 g/mol. The smallest absolute Gasteiger partial charge is 0.321 e. The van der Waals surface area contributed by atoms with Crippen LogP contribution in [0.5, 0.6) is 0 Å². The number of halogens is 3. The Labute approximate surface area is 155 Å². The third-order valence-electron chi connectivity index (χ3n) is 4.90. The lowest BCUT2D eigenvalue weighted by Crippen LogP contribution is -3.19. The summed E-state index contributed by atoms with van der Waals surface area (Å²) in [5.41, 5.74) is -0.605. The van der Waals surface area contributed by atoms with Crippen LogP contribution in [0.25, 0.3) is 0 Å². The van der Waals surface area contributed by atoms with E-state index in [4.69, 9.17) is 0 Å². The summed E-state index contributed by atoms with van der Waals surface area (Å²) in [6, 6.07) is 10.3. The minimum atomic E-state index is -4.43. The molecule has 1 saturated heterocycles. The number of quaternary nitrogens is 1. The molecule has 0 radical (unpaired) electrons. The number of aromatic nitrogens is 1. The second-order valence-electron chi connectivity index (χ2n) is 6.68. The molecule has 2 aromatic rings. The molecule has 8 heteroatoms. The molecular formula is C19H23F3N4O+2. The maximum atomic E-state index is 12.8. The Morgan fingerprint density at radius 1 is 1.19 bits per heavy atom. The number of benzene rings is 1. The van der Waals surface area contributed by atoms with Crippen LogP contribution in [0.15, 0.2) is 48.7 Å². The first-order valence-electron chi connectivity index (χ1n) is 8.89. The number of anilines is 2. The fourth-order valence-corrected chi connectivity index (χ4v) is 3.26. The summed E-state index contributed by atoms with van der Waals surface area (Å²) in [5, 5.41) is 2.61. The molecule has 1 aliphatic rings. The molecule has 3 rings (SSSR count). The molecule has 1 fully saturated rings. The molecule has 5 nitrogen and oxygen atoms in total. The molecule has 3 N–H and O–H groups in total. The zero-order valence-electron chi connectivity index (χ0n) is 15.0. The number of nitrogens with zero attached hydrogens (tertiary/aromatic N) is 1. The van der Waals surface area contributed by atoms with Crippen molar-refractivity contribution < 1.29 is 27.8 Å². The van der Waals surface area contributed by atoms with Crippen LogP contribution >= 0.6 is 0 Å². The largest absolute Gasteiger partial charge is 0.416 e. The van der Waals surface area contributed by atoms with Gasteiger partial charge in [-0.05, 0) is 31.2 Å². The van der Waals surface area contributed by atoms with Gasteiger partial charge in [-0.3, -0.25) is 9.69 Å². The normalized spacial score (nSPS) is 16.8. The van der Waals surface area contributed by atoms with Gasteiger partial charge in [0.05, 0.1) is 11.8 Å². The Hall–Kier alpha value is -2.61. The van der Waals surface area contributed by atoms with Gasteiger partial charge in [0.2, 0.25) is 0 Å². The molecule has 0 saturated carbocycles. The van der Waals surface area contributed by atoms with E-state index >= 15 is 0 Å². The molecule has 27 heavy (non-hydrogen) atoms. The molecule has 144 valence electrons. The molecule has 0 bridgehead atoms. The van der Waals surface area contributed by atoms with Crippen molar-refractivity contribution >= 4 is 17.4 Å². The summed E-state index contributed by atoms with van der Waals surface area (Å²) in [4.78, 5) is 19.0. The summed E-state index contributed by atoms with van der Waals surface area (Å²) >= 11 is 0. The number of carbonyl (C=O) groups excluding carboxylic acids is 1. The Kier molecular flexibility index (Phi) is 5.65. The number of aromatic amines is 1. The van der Waals surface area contributed by atoms with Gasteiger partial charge < -0.3 is 10.2 Å². The quantitative estimate of drug-likeness (QED) is 0.839. The fourth-order valence-electron chi connectivity index (χ4n) is 3.26. The van der Waals surface area contributed by atoms with Gasteiger partial charge >= 0.3 is 6.18 Å². The first kappa shape index (κ1) is 19.2. The highest BCUT2D eigenvalue weighted by atomic mass is 19.4. The van der Waals surface area contributed by atoms with Crippen LogP contribution < -0.4 is 20.1 Å². The van der Waals surface area contributed by atoms with Gasteiger partial charge in [-0.15, -0.1) is 0 Å². The SMILES string of the molecule is C[C@H](C(=O)Nc1cccc(C(F)(F)F)c1)[NH+]1CCN(c2cccc[nH+]2)CC1. The van der Waals surface area contributed by atoms with Gasteiger partial charge in [0, 0.05) is 11.8 Å². The van der Waals surface area contributed by atoms with Crippen LogP contribution in [0, 0.1) is 0 Å². The fraction of sp³-hybridized carbons (Fsp3) is 0.368. The van der Waals surface area contributed by atoms with Crippen molar-refractivity contribution in [1.29, 1.82) is 0 Å². The van der Waals surface area contributed by atoms with E-state index < -0.39 is 11.7 Å². The van der Waals surface area contributed by atoms with Crippen LogP contribution in [0.3, 0.4) is 0 Å². The van der Waals surface area contributed by atoms with Crippen molar-refractivity contribution in [3.63, 3.8) is 0 Å². The number of nitrogens with one attached hydrogen (secondary N) is 3. The lowest BCUT2D eigenvalue weighted by atomic mass is 10.1. The van der Waals surface area contributed by atoms with E-state index in [-0.39, 0.29) is 17.6 Å². The second-order valence-corrected chi connectivity index (χ2v) is 6.68. The molecule has 0 aliphatic carbocycles. The highest BCUT2D eigenvalue weighted by Crippen LogP contribution is 2.30. The molecule has 0 spiro atoms. The van der Waals surface area contributed by atoms with E-state index in [1.54, 1.807) is 0 Å². The van der Waals surface area contributed by atoms with Crippen molar-refractivity contribution in [3.05, 3.63) is 54.2 Å². The highest BCUT2D eigenvalue weighted by molar-refractivity contribution is 5.93. The molecule has 1 amide bonds.